The van der Waals surface area contributed by atoms with Gasteiger partial charge >= 0.3 is 0 Å². The van der Waals surface area contributed by atoms with Gasteiger partial charge in [-0.25, -0.2) is 0 Å². The van der Waals surface area contributed by atoms with E-state index in [1.165, 1.54) is 37.9 Å². The summed E-state index contributed by atoms with van der Waals surface area (Å²) in [5.41, 5.74) is 7.98. The smallest absolute Gasteiger partial charge is 0.123 e. The first-order valence-electron chi connectivity index (χ1n) is 7.50. The zero-order chi connectivity index (χ0) is 13.2. The van der Waals surface area contributed by atoms with Crippen molar-refractivity contribution in [3.05, 3.63) is 23.8 Å². The molecule has 0 amide bonds. The quantitative estimate of drug-likeness (QED) is 0.846. The molecule has 2 fully saturated rings. The lowest BCUT2D eigenvalue weighted by atomic mass is 10.0. The molecule has 104 valence electrons. The Morgan fingerprint density at radius 3 is 2.68 bits per heavy atom. The highest BCUT2D eigenvalue weighted by molar-refractivity contribution is 5.47. The SMILES string of the molecule is CCOc1ccc(N)cc1CN1CC2CCCC2C1. The highest BCUT2D eigenvalue weighted by atomic mass is 16.5. The van der Waals surface area contributed by atoms with Gasteiger partial charge in [-0.1, -0.05) is 6.42 Å². The van der Waals surface area contributed by atoms with E-state index >= 15 is 0 Å². The maximum Gasteiger partial charge on any atom is 0.123 e. The second-order valence-electron chi connectivity index (χ2n) is 5.95. The number of nitrogens with zero attached hydrogens (tertiary/aromatic N) is 1. The molecule has 0 aromatic heterocycles. The molecule has 1 aromatic rings. The van der Waals surface area contributed by atoms with Crippen molar-refractivity contribution in [1.82, 2.24) is 4.90 Å². The Morgan fingerprint density at radius 2 is 2.00 bits per heavy atom. The molecule has 0 radical (unpaired) electrons. The minimum absolute atomic E-state index is 0.710. The maximum atomic E-state index is 5.92. The third-order valence-corrected chi connectivity index (χ3v) is 4.58. The number of hydrogen-bond donors (Lipinski definition) is 1. The molecule has 0 spiro atoms. The van der Waals surface area contributed by atoms with Crippen LogP contribution in [0.15, 0.2) is 18.2 Å². The van der Waals surface area contributed by atoms with E-state index in [9.17, 15) is 0 Å². The van der Waals surface area contributed by atoms with Gasteiger partial charge in [0.05, 0.1) is 6.61 Å². The Kier molecular flexibility index (Phi) is 3.65. The van der Waals surface area contributed by atoms with Crippen molar-refractivity contribution in [2.45, 2.75) is 32.7 Å². The van der Waals surface area contributed by atoms with Gasteiger partial charge < -0.3 is 10.5 Å². The van der Waals surface area contributed by atoms with Crippen molar-refractivity contribution in [1.29, 1.82) is 0 Å². The van der Waals surface area contributed by atoms with Crippen LogP contribution in [-0.2, 0) is 6.54 Å². The second kappa shape index (κ2) is 5.41. The monoisotopic (exact) mass is 260 g/mol. The summed E-state index contributed by atoms with van der Waals surface area (Å²) in [7, 11) is 0. The summed E-state index contributed by atoms with van der Waals surface area (Å²) in [6, 6.07) is 6.00. The van der Waals surface area contributed by atoms with E-state index in [0.29, 0.717) is 6.61 Å². The number of likely N-dealkylation sites (tertiary alicyclic amines) is 1. The second-order valence-corrected chi connectivity index (χ2v) is 5.95. The van der Waals surface area contributed by atoms with Crippen LogP contribution < -0.4 is 10.5 Å². The fourth-order valence-electron chi connectivity index (χ4n) is 3.72. The lowest BCUT2D eigenvalue weighted by Gasteiger charge is -2.19. The van der Waals surface area contributed by atoms with Crippen molar-refractivity contribution < 1.29 is 4.74 Å². The topological polar surface area (TPSA) is 38.5 Å². The van der Waals surface area contributed by atoms with Crippen LogP contribution in [0.2, 0.25) is 0 Å². The van der Waals surface area contributed by atoms with Crippen LogP contribution in [0.25, 0.3) is 0 Å². The molecule has 2 N–H and O–H groups in total. The molecule has 3 heteroatoms. The molecule has 1 heterocycles. The number of anilines is 1. The molecular weight excluding hydrogens is 236 g/mol. The molecule has 1 saturated carbocycles. The first-order chi connectivity index (χ1) is 9.26. The van der Waals surface area contributed by atoms with Gasteiger partial charge in [-0.05, 0) is 49.8 Å². The van der Waals surface area contributed by atoms with Gasteiger partial charge in [-0.15, -0.1) is 0 Å². The normalized spacial score (nSPS) is 26.6. The fraction of sp³-hybridized carbons (Fsp3) is 0.625. The fourth-order valence-corrected chi connectivity index (χ4v) is 3.72. The Balaban J connectivity index is 1.70. The number of fused-ring (bicyclic) bond motifs is 1. The van der Waals surface area contributed by atoms with Crippen molar-refractivity contribution >= 4 is 5.69 Å². The molecule has 3 rings (SSSR count). The lowest BCUT2D eigenvalue weighted by Crippen LogP contribution is -2.21. The van der Waals surface area contributed by atoms with Crippen LogP contribution in [0.5, 0.6) is 5.75 Å². The predicted molar refractivity (Wildman–Crippen MR) is 78.1 cm³/mol. The molecule has 2 aliphatic rings. The van der Waals surface area contributed by atoms with E-state index in [0.717, 1.165) is 29.8 Å². The number of nitrogens with two attached hydrogens (primary N) is 1. The average Bonchev–Trinajstić information content (AvgIpc) is 2.93. The van der Waals surface area contributed by atoms with E-state index in [1.54, 1.807) is 0 Å². The molecule has 1 aliphatic heterocycles. The van der Waals surface area contributed by atoms with Gasteiger partial charge in [0.25, 0.3) is 0 Å². The van der Waals surface area contributed by atoms with Crippen LogP contribution in [0.1, 0.15) is 31.7 Å². The average molecular weight is 260 g/mol. The first-order valence-corrected chi connectivity index (χ1v) is 7.50. The largest absolute Gasteiger partial charge is 0.494 e. The van der Waals surface area contributed by atoms with Crippen molar-refractivity contribution in [3.63, 3.8) is 0 Å². The van der Waals surface area contributed by atoms with Gasteiger partial charge in [0.2, 0.25) is 0 Å². The maximum absolute atomic E-state index is 5.92. The summed E-state index contributed by atoms with van der Waals surface area (Å²) < 4.78 is 5.71. The summed E-state index contributed by atoms with van der Waals surface area (Å²) in [6.45, 7) is 6.23. The van der Waals surface area contributed by atoms with Crippen molar-refractivity contribution in [2.24, 2.45) is 11.8 Å². The molecule has 1 aliphatic carbocycles. The van der Waals surface area contributed by atoms with E-state index in [4.69, 9.17) is 10.5 Å². The molecular formula is C16H24N2O. The zero-order valence-corrected chi connectivity index (χ0v) is 11.8. The van der Waals surface area contributed by atoms with Crippen LogP contribution in [0, 0.1) is 11.8 Å². The van der Waals surface area contributed by atoms with Crippen molar-refractivity contribution in [2.75, 3.05) is 25.4 Å². The number of rotatable bonds is 4. The molecule has 0 bridgehead atoms. The summed E-state index contributed by atoms with van der Waals surface area (Å²) in [4.78, 5) is 2.58. The van der Waals surface area contributed by atoms with Gasteiger partial charge in [0.15, 0.2) is 0 Å². The predicted octanol–water partition coefficient (Wildman–Crippen LogP) is 2.90. The van der Waals surface area contributed by atoms with Gasteiger partial charge in [-0.3, -0.25) is 4.90 Å². The number of hydrogen-bond acceptors (Lipinski definition) is 3. The summed E-state index contributed by atoms with van der Waals surface area (Å²) in [5.74, 6) is 2.88. The summed E-state index contributed by atoms with van der Waals surface area (Å²) in [5, 5.41) is 0. The number of ether oxygens (including phenoxy) is 1. The Labute approximate surface area is 115 Å². The van der Waals surface area contributed by atoms with Gasteiger partial charge in [0, 0.05) is 30.9 Å². The summed E-state index contributed by atoms with van der Waals surface area (Å²) in [6.07, 6.45) is 4.29. The third kappa shape index (κ3) is 2.71. The zero-order valence-electron chi connectivity index (χ0n) is 11.8. The van der Waals surface area contributed by atoms with E-state index in [2.05, 4.69) is 11.0 Å². The highest BCUT2D eigenvalue weighted by Crippen LogP contribution is 2.38. The molecule has 1 saturated heterocycles. The minimum atomic E-state index is 0.710. The van der Waals surface area contributed by atoms with E-state index in [1.807, 2.05) is 19.1 Å². The third-order valence-electron chi connectivity index (χ3n) is 4.58. The Morgan fingerprint density at radius 1 is 1.26 bits per heavy atom. The number of benzene rings is 1. The van der Waals surface area contributed by atoms with Crippen LogP contribution in [-0.4, -0.2) is 24.6 Å². The standard InChI is InChI=1S/C16H24N2O/c1-2-19-16-7-6-15(17)8-14(16)11-18-9-12-4-3-5-13(12)10-18/h6-8,12-13H,2-5,9-11,17H2,1H3. The van der Waals surface area contributed by atoms with Crippen molar-refractivity contribution in [3.8, 4) is 5.75 Å². The van der Waals surface area contributed by atoms with E-state index in [-0.39, 0.29) is 0 Å². The molecule has 3 nitrogen and oxygen atoms in total. The van der Waals surface area contributed by atoms with Crippen LogP contribution in [0.4, 0.5) is 5.69 Å². The van der Waals surface area contributed by atoms with Gasteiger partial charge in [-0.2, -0.15) is 0 Å². The molecule has 2 unspecified atom stereocenters. The highest BCUT2D eigenvalue weighted by Gasteiger charge is 2.35. The van der Waals surface area contributed by atoms with Gasteiger partial charge in [0.1, 0.15) is 5.75 Å². The van der Waals surface area contributed by atoms with E-state index < -0.39 is 0 Å². The first kappa shape index (κ1) is 12.8. The Bertz CT molecular complexity index is 434. The molecule has 19 heavy (non-hydrogen) atoms. The van der Waals surface area contributed by atoms with Crippen LogP contribution >= 0.6 is 0 Å². The lowest BCUT2D eigenvalue weighted by molar-refractivity contribution is 0.288. The Hall–Kier alpha value is -1.22. The van der Waals surface area contributed by atoms with Crippen LogP contribution in [0.3, 0.4) is 0 Å². The molecule has 1 aromatic carbocycles. The molecule has 2 atom stereocenters. The number of nitrogen functional groups attached to an aromatic ring is 1. The minimum Gasteiger partial charge on any atom is -0.494 e. The summed E-state index contributed by atoms with van der Waals surface area (Å²) >= 11 is 0.